The van der Waals surface area contributed by atoms with E-state index < -0.39 is 17.9 Å². The smallest absolute Gasteiger partial charge is 0.348 e. The highest BCUT2D eigenvalue weighted by atomic mass is 19.1. The van der Waals surface area contributed by atoms with Gasteiger partial charge in [0.1, 0.15) is 5.75 Å². The number of hydrogen-bond acceptors (Lipinski definition) is 4. The summed E-state index contributed by atoms with van der Waals surface area (Å²) >= 11 is 0. The number of benzene rings is 1. The molecule has 0 heterocycles. The van der Waals surface area contributed by atoms with Crippen LogP contribution in [0.3, 0.4) is 0 Å². The first-order chi connectivity index (χ1) is 8.60. The molecular formula is C13H15FO4. The molecule has 1 unspecified atom stereocenters. The number of esters is 1. The van der Waals surface area contributed by atoms with Crippen LogP contribution >= 0.6 is 0 Å². The minimum atomic E-state index is -2.29. The second-order valence-electron chi connectivity index (χ2n) is 3.44. The maximum atomic E-state index is 13.5. The van der Waals surface area contributed by atoms with Crippen LogP contribution in [-0.4, -0.2) is 31.1 Å². The molecule has 0 saturated carbocycles. The highest BCUT2D eigenvalue weighted by Gasteiger charge is 2.28. The van der Waals surface area contributed by atoms with Gasteiger partial charge in [0.05, 0.1) is 13.2 Å². The highest BCUT2D eigenvalue weighted by molar-refractivity contribution is 6.11. The van der Waals surface area contributed by atoms with Crippen LogP contribution in [0.4, 0.5) is 4.39 Å². The predicted octanol–water partition coefficient (Wildman–Crippen LogP) is 2.17. The first-order valence-electron chi connectivity index (χ1n) is 5.67. The van der Waals surface area contributed by atoms with Crippen molar-refractivity contribution in [3.8, 4) is 5.75 Å². The summed E-state index contributed by atoms with van der Waals surface area (Å²) in [5.74, 6) is -1.63. The van der Waals surface area contributed by atoms with Crippen LogP contribution < -0.4 is 4.74 Å². The highest BCUT2D eigenvalue weighted by Crippen LogP contribution is 2.16. The number of carbonyl (C=O) groups is 2. The lowest BCUT2D eigenvalue weighted by atomic mass is 10.1. The van der Waals surface area contributed by atoms with E-state index in [2.05, 4.69) is 4.74 Å². The molecule has 18 heavy (non-hydrogen) atoms. The summed E-state index contributed by atoms with van der Waals surface area (Å²) in [6, 6.07) is 6.04. The average molecular weight is 254 g/mol. The summed E-state index contributed by atoms with van der Waals surface area (Å²) in [6.45, 7) is 3.82. The Balaban J connectivity index is 2.83. The normalized spacial score (nSPS) is 11.7. The molecule has 0 aliphatic heterocycles. The van der Waals surface area contributed by atoms with Gasteiger partial charge >= 0.3 is 5.97 Å². The van der Waals surface area contributed by atoms with Gasteiger partial charge in [0.2, 0.25) is 5.78 Å². The molecule has 0 radical (unpaired) electrons. The van der Waals surface area contributed by atoms with Gasteiger partial charge in [-0.3, -0.25) is 4.79 Å². The monoisotopic (exact) mass is 254 g/mol. The van der Waals surface area contributed by atoms with E-state index in [0.29, 0.717) is 12.4 Å². The molecule has 0 bridgehead atoms. The average Bonchev–Trinajstić information content (AvgIpc) is 2.38. The number of ketones is 1. The van der Waals surface area contributed by atoms with Gasteiger partial charge in [-0.25, -0.2) is 9.18 Å². The predicted molar refractivity (Wildman–Crippen MR) is 63.5 cm³/mol. The molecule has 0 fully saturated rings. The molecule has 1 aromatic carbocycles. The number of ether oxygens (including phenoxy) is 2. The van der Waals surface area contributed by atoms with Crippen molar-refractivity contribution in [3.05, 3.63) is 29.8 Å². The maximum absolute atomic E-state index is 13.5. The van der Waals surface area contributed by atoms with E-state index in [-0.39, 0.29) is 12.2 Å². The molecule has 1 aromatic rings. The summed E-state index contributed by atoms with van der Waals surface area (Å²) in [5, 5.41) is 0. The Morgan fingerprint density at radius 1 is 1.28 bits per heavy atom. The molecule has 0 N–H and O–H groups in total. The summed E-state index contributed by atoms with van der Waals surface area (Å²) in [5.41, 5.74) is 0.0847. The number of alkyl halides is 1. The largest absolute Gasteiger partial charge is 0.494 e. The van der Waals surface area contributed by atoms with Gasteiger partial charge in [-0.05, 0) is 26.0 Å². The number of rotatable bonds is 6. The van der Waals surface area contributed by atoms with E-state index in [4.69, 9.17) is 4.74 Å². The van der Waals surface area contributed by atoms with Gasteiger partial charge in [0.15, 0.2) is 0 Å². The van der Waals surface area contributed by atoms with E-state index in [1.54, 1.807) is 26.0 Å². The Morgan fingerprint density at radius 3 is 2.61 bits per heavy atom. The summed E-state index contributed by atoms with van der Waals surface area (Å²) in [7, 11) is 0. The fourth-order valence-electron chi connectivity index (χ4n) is 1.37. The summed E-state index contributed by atoms with van der Waals surface area (Å²) in [4.78, 5) is 22.8. The Kier molecular flexibility index (Phi) is 5.30. The van der Waals surface area contributed by atoms with Gasteiger partial charge in [-0.2, -0.15) is 0 Å². The first kappa shape index (κ1) is 14.2. The molecule has 0 saturated heterocycles. The van der Waals surface area contributed by atoms with Crippen LogP contribution in [0.1, 0.15) is 24.2 Å². The van der Waals surface area contributed by atoms with E-state index in [0.717, 1.165) is 0 Å². The minimum Gasteiger partial charge on any atom is -0.494 e. The second-order valence-corrected chi connectivity index (χ2v) is 3.44. The molecule has 0 aliphatic carbocycles. The minimum absolute atomic E-state index is 0.0333. The van der Waals surface area contributed by atoms with E-state index in [9.17, 15) is 14.0 Å². The Bertz CT molecular complexity index is 431. The molecule has 0 aromatic heterocycles. The first-order valence-corrected chi connectivity index (χ1v) is 5.67. The van der Waals surface area contributed by atoms with Crippen LogP contribution in [0.25, 0.3) is 0 Å². The Morgan fingerprint density at radius 2 is 2.00 bits per heavy atom. The van der Waals surface area contributed by atoms with Crippen molar-refractivity contribution in [2.45, 2.75) is 20.0 Å². The van der Waals surface area contributed by atoms with Crippen molar-refractivity contribution in [3.63, 3.8) is 0 Å². The molecule has 1 atom stereocenters. The quantitative estimate of drug-likeness (QED) is 0.443. The van der Waals surface area contributed by atoms with Crippen molar-refractivity contribution >= 4 is 11.8 Å². The third kappa shape index (κ3) is 3.55. The zero-order chi connectivity index (χ0) is 13.5. The molecule has 5 heteroatoms. The SMILES string of the molecule is CCOC(=O)C(F)C(=O)c1cccc(OCC)c1. The third-order valence-corrected chi connectivity index (χ3v) is 2.15. The maximum Gasteiger partial charge on any atom is 0.348 e. The summed E-state index contributed by atoms with van der Waals surface area (Å²) in [6.07, 6.45) is -2.29. The number of carbonyl (C=O) groups excluding carboxylic acids is 2. The van der Waals surface area contributed by atoms with Gasteiger partial charge in [-0.15, -0.1) is 0 Å². The van der Waals surface area contributed by atoms with Gasteiger partial charge in [0, 0.05) is 5.56 Å². The van der Waals surface area contributed by atoms with Crippen molar-refractivity contribution in [2.24, 2.45) is 0 Å². The lowest BCUT2D eigenvalue weighted by Crippen LogP contribution is -2.27. The Labute approximate surface area is 105 Å². The number of hydrogen-bond donors (Lipinski definition) is 0. The van der Waals surface area contributed by atoms with Crippen molar-refractivity contribution in [1.29, 1.82) is 0 Å². The lowest BCUT2D eigenvalue weighted by Gasteiger charge is -2.08. The zero-order valence-electron chi connectivity index (χ0n) is 10.3. The lowest BCUT2D eigenvalue weighted by molar-refractivity contribution is -0.147. The van der Waals surface area contributed by atoms with E-state index in [1.807, 2.05) is 0 Å². The third-order valence-electron chi connectivity index (χ3n) is 2.15. The number of halogens is 1. The second kappa shape index (κ2) is 6.74. The molecule has 98 valence electrons. The molecule has 1 rings (SSSR count). The van der Waals surface area contributed by atoms with Crippen LogP contribution in [0, 0.1) is 0 Å². The van der Waals surface area contributed by atoms with Gasteiger partial charge in [-0.1, -0.05) is 12.1 Å². The summed E-state index contributed by atoms with van der Waals surface area (Å²) < 4.78 is 23.2. The molecular weight excluding hydrogens is 239 g/mol. The van der Waals surface area contributed by atoms with Crippen LogP contribution in [0.2, 0.25) is 0 Å². The molecule has 0 aliphatic rings. The van der Waals surface area contributed by atoms with Gasteiger partial charge < -0.3 is 9.47 Å². The molecule has 0 spiro atoms. The molecule has 0 amide bonds. The zero-order valence-corrected chi connectivity index (χ0v) is 10.3. The van der Waals surface area contributed by atoms with Crippen molar-refractivity contribution < 1.29 is 23.5 Å². The van der Waals surface area contributed by atoms with Crippen molar-refractivity contribution in [2.75, 3.05) is 13.2 Å². The topological polar surface area (TPSA) is 52.6 Å². The van der Waals surface area contributed by atoms with Crippen molar-refractivity contribution in [1.82, 2.24) is 0 Å². The van der Waals surface area contributed by atoms with Crippen LogP contribution in [-0.2, 0) is 9.53 Å². The Hall–Kier alpha value is -1.91. The molecule has 4 nitrogen and oxygen atoms in total. The standard InChI is InChI=1S/C13H15FO4/c1-3-17-10-7-5-6-9(8-10)12(15)11(14)13(16)18-4-2/h5-8,11H,3-4H2,1-2H3. The van der Waals surface area contributed by atoms with Crippen LogP contribution in [0.15, 0.2) is 24.3 Å². The van der Waals surface area contributed by atoms with E-state index >= 15 is 0 Å². The number of Topliss-reactive ketones (excluding diaryl/α,β-unsaturated/α-hetero) is 1. The fourth-order valence-corrected chi connectivity index (χ4v) is 1.37. The van der Waals surface area contributed by atoms with E-state index in [1.165, 1.54) is 12.1 Å². The van der Waals surface area contributed by atoms with Crippen LogP contribution in [0.5, 0.6) is 5.75 Å². The van der Waals surface area contributed by atoms with Gasteiger partial charge in [0.25, 0.3) is 6.17 Å². The fraction of sp³-hybridized carbons (Fsp3) is 0.385.